The lowest BCUT2D eigenvalue weighted by Crippen LogP contribution is -2.00. The van der Waals surface area contributed by atoms with Crippen LogP contribution in [0.25, 0.3) is 0 Å². The predicted octanol–water partition coefficient (Wildman–Crippen LogP) is 3.19. The minimum atomic E-state index is 0.823. The van der Waals surface area contributed by atoms with Gasteiger partial charge in [0.25, 0.3) is 0 Å². The van der Waals surface area contributed by atoms with E-state index in [-0.39, 0.29) is 0 Å². The molecule has 0 radical (unpaired) electrons. The summed E-state index contributed by atoms with van der Waals surface area (Å²) in [5, 5.41) is 3.35. The van der Waals surface area contributed by atoms with Gasteiger partial charge in [0.05, 0.1) is 0 Å². The molecule has 0 amide bonds. The Morgan fingerprint density at radius 3 is 2.50 bits per heavy atom. The van der Waals surface area contributed by atoms with Crippen LogP contribution in [0.2, 0.25) is 0 Å². The van der Waals surface area contributed by atoms with Crippen LogP contribution in [0, 0.1) is 6.92 Å². The van der Waals surface area contributed by atoms with Crippen molar-refractivity contribution in [1.82, 2.24) is 0 Å². The van der Waals surface area contributed by atoms with Gasteiger partial charge in [-0.15, -0.1) is 0 Å². The third-order valence-electron chi connectivity index (χ3n) is 2.62. The molecule has 2 aromatic carbocycles. The van der Waals surface area contributed by atoms with E-state index in [1.807, 2.05) is 37.3 Å². The van der Waals surface area contributed by atoms with Gasteiger partial charge in [0.2, 0.25) is 0 Å². The molecule has 2 nitrogen and oxygen atoms in total. The molecule has 0 aromatic heterocycles. The third kappa shape index (κ3) is 2.54. The summed E-state index contributed by atoms with van der Waals surface area (Å²) in [4.78, 5) is 0. The van der Waals surface area contributed by atoms with Gasteiger partial charge < -0.3 is 11.1 Å². The molecule has 2 heteroatoms. The molecular weight excluding hydrogens is 196 g/mol. The number of aryl methyl sites for hydroxylation is 1. The second-order valence-electron chi connectivity index (χ2n) is 3.91. The SMILES string of the molecule is Cc1ccc(NCc2ccccc2)cc1N. The summed E-state index contributed by atoms with van der Waals surface area (Å²) >= 11 is 0. The van der Waals surface area contributed by atoms with Crippen LogP contribution in [0.5, 0.6) is 0 Å². The number of benzene rings is 2. The summed E-state index contributed by atoms with van der Waals surface area (Å²) < 4.78 is 0. The monoisotopic (exact) mass is 212 g/mol. The summed E-state index contributed by atoms with van der Waals surface area (Å²) in [5.41, 5.74) is 10.1. The van der Waals surface area contributed by atoms with Gasteiger partial charge in [0, 0.05) is 17.9 Å². The minimum absolute atomic E-state index is 0.823. The smallest absolute Gasteiger partial charge is 0.0400 e. The second-order valence-corrected chi connectivity index (χ2v) is 3.91. The number of nitrogens with two attached hydrogens (primary N) is 1. The molecule has 0 saturated carbocycles. The summed E-state index contributed by atoms with van der Waals surface area (Å²) in [6, 6.07) is 16.4. The molecule has 0 saturated heterocycles. The number of anilines is 2. The van der Waals surface area contributed by atoms with Crippen LogP contribution >= 0.6 is 0 Å². The Labute approximate surface area is 96.1 Å². The first-order valence-corrected chi connectivity index (χ1v) is 5.39. The molecule has 0 fully saturated rings. The Kier molecular flexibility index (Phi) is 3.10. The van der Waals surface area contributed by atoms with Crippen LogP contribution in [0.4, 0.5) is 11.4 Å². The Balaban J connectivity index is 2.03. The first kappa shape index (κ1) is 10.6. The number of hydrogen-bond donors (Lipinski definition) is 2. The van der Waals surface area contributed by atoms with E-state index in [1.165, 1.54) is 5.56 Å². The van der Waals surface area contributed by atoms with E-state index in [0.717, 1.165) is 23.5 Å². The van der Waals surface area contributed by atoms with Crippen LogP contribution in [0.3, 0.4) is 0 Å². The van der Waals surface area contributed by atoms with Crippen LogP contribution in [-0.2, 0) is 6.54 Å². The standard InChI is InChI=1S/C14H16N2/c1-11-7-8-13(9-14(11)15)16-10-12-5-3-2-4-6-12/h2-9,16H,10,15H2,1H3. The van der Waals surface area contributed by atoms with Crippen molar-refractivity contribution in [3.05, 3.63) is 59.7 Å². The minimum Gasteiger partial charge on any atom is -0.398 e. The summed E-state index contributed by atoms with van der Waals surface area (Å²) in [6.07, 6.45) is 0. The van der Waals surface area contributed by atoms with Crippen LogP contribution in [0.15, 0.2) is 48.5 Å². The molecule has 0 aliphatic carbocycles. The molecule has 0 bridgehead atoms. The zero-order chi connectivity index (χ0) is 11.4. The maximum absolute atomic E-state index is 5.85. The van der Waals surface area contributed by atoms with E-state index < -0.39 is 0 Å². The highest BCUT2D eigenvalue weighted by Gasteiger charge is 1.96. The van der Waals surface area contributed by atoms with Crippen molar-refractivity contribution in [2.24, 2.45) is 0 Å². The molecule has 0 unspecified atom stereocenters. The molecule has 3 N–H and O–H groups in total. The van der Waals surface area contributed by atoms with Crippen molar-refractivity contribution in [3.63, 3.8) is 0 Å². The van der Waals surface area contributed by atoms with Gasteiger partial charge in [-0.25, -0.2) is 0 Å². The van der Waals surface area contributed by atoms with Crippen LogP contribution in [-0.4, -0.2) is 0 Å². The van der Waals surface area contributed by atoms with Crippen molar-refractivity contribution < 1.29 is 0 Å². The summed E-state index contributed by atoms with van der Waals surface area (Å²) in [7, 11) is 0. The van der Waals surface area contributed by atoms with Gasteiger partial charge in [-0.3, -0.25) is 0 Å². The van der Waals surface area contributed by atoms with E-state index in [4.69, 9.17) is 5.73 Å². The molecular formula is C14H16N2. The normalized spacial score (nSPS) is 10.1. The van der Waals surface area contributed by atoms with E-state index in [9.17, 15) is 0 Å². The first-order valence-electron chi connectivity index (χ1n) is 5.39. The lowest BCUT2D eigenvalue weighted by Gasteiger charge is -2.08. The largest absolute Gasteiger partial charge is 0.398 e. The Hall–Kier alpha value is -1.96. The van der Waals surface area contributed by atoms with Crippen molar-refractivity contribution in [2.75, 3.05) is 11.1 Å². The molecule has 2 aromatic rings. The number of nitrogens with one attached hydrogen (secondary N) is 1. The molecule has 0 aliphatic heterocycles. The first-order chi connectivity index (χ1) is 7.75. The highest BCUT2D eigenvalue weighted by molar-refractivity contribution is 5.58. The highest BCUT2D eigenvalue weighted by Crippen LogP contribution is 2.17. The maximum Gasteiger partial charge on any atom is 0.0400 e. The van der Waals surface area contributed by atoms with Crippen molar-refractivity contribution in [1.29, 1.82) is 0 Å². The van der Waals surface area contributed by atoms with Crippen LogP contribution in [0.1, 0.15) is 11.1 Å². The number of nitrogen functional groups attached to an aromatic ring is 1. The average molecular weight is 212 g/mol. The lowest BCUT2D eigenvalue weighted by atomic mass is 10.1. The Bertz CT molecular complexity index is 463. The fraction of sp³-hybridized carbons (Fsp3) is 0.143. The zero-order valence-corrected chi connectivity index (χ0v) is 9.40. The predicted molar refractivity (Wildman–Crippen MR) is 69.4 cm³/mol. The Morgan fingerprint density at radius 1 is 1.06 bits per heavy atom. The number of rotatable bonds is 3. The molecule has 2 rings (SSSR count). The molecule has 82 valence electrons. The molecule has 16 heavy (non-hydrogen) atoms. The summed E-state index contributed by atoms with van der Waals surface area (Å²) in [5.74, 6) is 0. The van der Waals surface area contributed by atoms with Gasteiger partial charge in [0.1, 0.15) is 0 Å². The van der Waals surface area contributed by atoms with E-state index >= 15 is 0 Å². The van der Waals surface area contributed by atoms with Gasteiger partial charge in [-0.2, -0.15) is 0 Å². The molecule has 0 heterocycles. The third-order valence-corrected chi connectivity index (χ3v) is 2.62. The van der Waals surface area contributed by atoms with Crippen molar-refractivity contribution >= 4 is 11.4 Å². The zero-order valence-electron chi connectivity index (χ0n) is 9.40. The second kappa shape index (κ2) is 4.71. The fourth-order valence-corrected chi connectivity index (χ4v) is 1.55. The Morgan fingerprint density at radius 2 is 1.81 bits per heavy atom. The van der Waals surface area contributed by atoms with Gasteiger partial charge in [0.15, 0.2) is 0 Å². The fourth-order valence-electron chi connectivity index (χ4n) is 1.55. The topological polar surface area (TPSA) is 38.0 Å². The van der Waals surface area contributed by atoms with E-state index in [2.05, 4.69) is 23.5 Å². The highest BCUT2D eigenvalue weighted by atomic mass is 14.9. The molecule has 0 aliphatic rings. The van der Waals surface area contributed by atoms with Gasteiger partial charge in [-0.1, -0.05) is 36.4 Å². The van der Waals surface area contributed by atoms with E-state index in [0.29, 0.717) is 0 Å². The summed E-state index contributed by atoms with van der Waals surface area (Å²) in [6.45, 7) is 2.83. The molecule has 0 spiro atoms. The average Bonchev–Trinajstić information content (AvgIpc) is 2.32. The molecule has 0 atom stereocenters. The van der Waals surface area contributed by atoms with Crippen molar-refractivity contribution in [3.8, 4) is 0 Å². The number of hydrogen-bond acceptors (Lipinski definition) is 2. The van der Waals surface area contributed by atoms with Gasteiger partial charge >= 0.3 is 0 Å². The van der Waals surface area contributed by atoms with Crippen molar-refractivity contribution in [2.45, 2.75) is 13.5 Å². The quantitative estimate of drug-likeness (QED) is 0.767. The van der Waals surface area contributed by atoms with Crippen LogP contribution < -0.4 is 11.1 Å². The maximum atomic E-state index is 5.85. The lowest BCUT2D eigenvalue weighted by molar-refractivity contribution is 1.15. The van der Waals surface area contributed by atoms with E-state index in [1.54, 1.807) is 0 Å². The van der Waals surface area contributed by atoms with Gasteiger partial charge in [-0.05, 0) is 30.2 Å².